The van der Waals surface area contributed by atoms with Crippen molar-refractivity contribution in [3.63, 3.8) is 0 Å². The highest BCUT2D eigenvalue weighted by atomic mass is 35.5. The molecule has 1 N–H and O–H groups in total. The molecular formula is C16H13ClN2O3S2. The van der Waals surface area contributed by atoms with Crippen LogP contribution in [0.3, 0.4) is 0 Å². The van der Waals surface area contributed by atoms with Crippen LogP contribution in [0.5, 0.6) is 11.5 Å². The second-order valence-electron chi connectivity index (χ2n) is 4.66. The van der Waals surface area contributed by atoms with Gasteiger partial charge in [0.15, 0.2) is 16.6 Å². The van der Waals surface area contributed by atoms with Crippen molar-refractivity contribution in [2.45, 2.75) is 0 Å². The van der Waals surface area contributed by atoms with E-state index in [1.165, 1.54) is 31.6 Å². The Kier molecular flexibility index (Phi) is 5.03. The number of anilines is 1. The third kappa shape index (κ3) is 3.38. The van der Waals surface area contributed by atoms with E-state index in [2.05, 4.69) is 10.3 Å². The van der Waals surface area contributed by atoms with Crippen LogP contribution in [-0.4, -0.2) is 25.1 Å². The van der Waals surface area contributed by atoms with E-state index in [9.17, 15) is 4.79 Å². The summed E-state index contributed by atoms with van der Waals surface area (Å²) in [5, 5.41) is 7.49. The van der Waals surface area contributed by atoms with Crippen molar-refractivity contribution in [2.75, 3.05) is 19.5 Å². The predicted octanol–water partition coefficient (Wildman–Crippen LogP) is 4.79. The van der Waals surface area contributed by atoms with Crippen LogP contribution >= 0.6 is 34.3 Å². The number of amides is 1. The number of thiazole rings is 1. The summed E-state index contributed by atoms with van der Waals surface area (Å²) in [6.07, 6.45) is 0. The fraction of sp³-hybridized carbons (Fsp3) is 0.125. The van der Waals surface area contributed by atoms with Gasteiger partial charge < -0.3 is 9.47 Å². The molecule has 0 saturated carbocycles. The van der Waals surface area contributed by atoms with E-state index in [-0.39, 0.29) is 5.91 Å². The first-order valence-corrected chi connectivity index (χ1v) is 8.98. The number of nitrogens with one attached hydrogen (secondary N) is 1. The van der Waals surface area contributed by atoms with Crippen LogP contribution in [0, 0.1) is 0 Å². The molecule has 0 spiro atoms. The van der Waals surface area contributed by atoms with E-state index in [0.717, 1.165) is 10.6 Å². The average molecular weight is 381 g/mol. The second kappa shape index (κ2) is 7.21. The molecule has 0 aliphatic heterocycles. The summed E-state index contributed by atoms with van der Waals surface area (Å²) in [4.78, 5) is 17.9. The Morgan fingerprint density at radius 1 is 1.25 bits per heavy atom. The van der Waals surface area contributed by atoms with Gasteiger partial charge in [0.2, 0.25) is 0 Å². The summed E-state index contributed by atoms with van der Waals surface area (Å²) < 4.78 is 10.4. The summed E-state index contributed by atoms with van der Waals surface area (Å²) in [6, 6.07) is 7.06. The Balaban J connectivity index is 1.81. The normalized spacial score (nSPS) is 10.5. The first-order valence-electron chi connectivity index (χ1n) is 6.84. The number of carbonyl (C=O) groups is 1. The molecule has 2 aromatic heterocycles. The Morgan fingerprint density at radius 2 is 2.08 bits per heavy atom. The zero-order valence-corrected chi connectivity index (χ0v) is 15.2. The molecule has 1 aromatic carbocycles. The van der Waals surface area contributed by atoms with Crippen molar-refractivity contribution in [3.05, 3.63) is 45.6 Å². The zero-order valence-electron chi connectivity index (χ0n) is 12.8. The molecular weight excluding hydrogens is 368 g/mol. The quantitative estimate of drug-likeness (QED) is 0.691. The molecule has 24 heavy (non-hydrogen) atoms. The standard InChI is InChI=1S/C16H13ClN2O3S2/c1-21-12-7-9(6-10(17)14(12)22-2)15(20)19-16-18-11(8-24-16)13-4-3-5-23-13/h3-8H,1-2H3,(H,18,19,20). The minimum Gasteiger partial charge on any atom is -0.493 e. The summed E-state index contributed by atoms with van der Waals surface area (Å²) in [5.41, 5.74) is 1.21. The highest BCUT2D eigenvalue weighted by Crippen LogP contribution is 2.36. The molecule has 3 rings (SSSR count). The van der Waals surface area contributed by atoms with Gasteiger partial charge in [-0.15, -0.1) is 22.7 Å². The van der Waals surface area contributed by atoms with Gasteiger partial charge in [0, 0.05) is 10.9 Å². The van der Waals surface area contributed by atoms with E-state index in [1.54, 1.807) is 17.4 Å². The van der Waals surface area contributed by atoms with Gasteiger partial charge in [-0.3, -0.25) is 10.1 Å². The number of nitrogens with zero attached hydrogens (tertiary/aromatic N) is 1. The Bertz CT molecular complexity index is 862. The van der Waals surface area contributed by atoms with Crippen LogP contribution in [-0.2, 0) is 0 Å². The zero-order chi connectivity index (χ0) is 17.1. The van der Waals surface area contributed by atoms with Crippen LogP contribution in [0.15, 0.2) is 35.0 Å². The van der Waals surface area contributed by atoms with Gasteiger partial charge in [-0.2, -0.15) is 0 Å². The maximum Gasteiger partial charge on any atom is 0.257 e. The van der Waals surface area contributed by atoms with Gasteiger partial charge >= 0.3 is 0 Å². The smallest absolute Gasteiger partial charge is 0.257 e. The van der Waals surface area contributed by atoms with Crippen molar-refractivity contribution in [3.8, 4) is 22.1 Å². The number of benzene rings is 1. The maximum absolute atomic E-state index is 12.4. The number of methoxy groups -OCH3 is 2. The van der Waals surface area contributed by atoms with Gasteiger partial charge in [-0.1, -0.05) is 17.7 Å². The highest BCUT2D eigenvalue weighted by Gasteiger charge is 2.16. The predicted molar refractivity (Wildman–Crippen MR) is 97.9 cm³/mol. The summed E-state index contributed by atoms with van der Waals surface area (Å²) in [6.45, 7) is 0. The van der Waals surface area contributed by atoms with Crippen LogP contribution in [0.1, 0.15) is 10.4 Å². The van der Waals surface area contributed by atoms with Crippen molar-refractivity contribution in [2.24, 2.45) is 0 Å². The molecule has 0 fully saturated rings. The lowest BCUT2D eigenvalue weighted by Gasteiger charge is -2.11. The maximum atomic E-state index is 12.4. The Labute approximate surface area is 151 Å². The molecule has 0 radical (unpaired) electrons. The first kappa shape index (κ1) is 16.8. The fourth-order valence-corrected chi connectivity index (χ4v) is 3.84. The minimum atomic E-state index is -0.315. The molecule has 8 heteroatoms. The van der Waals surface area contributed by atoms with E-state index >= 15 is 0 Å². The van der Waals surface area contributed by atoms with E-state index in [0.29, 0.717) is 27.2 Å². The number of carbonyl (C=O) groups excluding carboxylic acids is 1. The number of aromatic nitrogens is 1. The molecule has 124 valence electrons. The largest absolute Gasteiger partial charge is 0.493 e. The lowest BCUT2D eigenvalue weighted by Crippen LogP contribution is -2.12. The molecule has 2 heterocycles. The number of ether oxygens (including phenoxy) is 2. The molecule has 0 aliphatic rings. The van der Waals surface area contributed by atoms with Crippen molar-refractivity contribution in [1.29, 1.82) is 0 Å². The first-order chi connectivity index (χ1) is 11.6. The number of halogens is 1. The number of hydrogen-bond donors (Lipinski definition) is 1. The summed E-state index contributed by atoms with van der Waals surface area (Å²) in [5.74, 6) is 0.475. The van der Waals surface area contributed by atoms with Crippen LogP contribution in [0.25, 0.3) is 10.6 Å². The molecule has 5 nitrogen and oxygen atoms in total. The fourth-order valence-electron chi connectivity index (χ4n) is 2.09. The Morgan fingerprint density at radius 3 is 2.75 bits per heavy atom. The molecule has 0 unspecified atom stereocenters. The number of rotatable bonds is 5. The topological polar surface area (TPSA) is 60.5 Å². The van der Waals surface area contributed by atoms with Crippen LogP contribution in [0.4, 0.5) is 5.13 Å². The lowest BCUT2D eigenvalue weighted by molar-refractivity contribution is 0.102. The molecule has 1 amide bonds. The van der Waals surface area contributed by atoms with Crippen molar-refractivity contribution >= 4 is 45.3 Å². The summed E-state index contributed by atoms with van der Waals surface area (Å²) in [7, 11) is 2.98. The van der Waals surface area contributed by atoms with Crippen LogP contribution < -0.4 is 14.8 Å². The third-order valence-corrected chi connectivity index (χ3v) is 5.12. The lowest BCUT2D eigenvalue weighted by atomic mass is 10.2. The molecule has 3 aromatic rings. The number of hydrogen-bond acceptors (Lipinski definition) is 6. The molecule has 0 atom stereocenters. The van der Waals surface area contributed by atoms with Gasteiger partial charge in [0.25, 0.3) is 5.91 Å². The van der Waals surface area contributed by atoms with Gasteiger partial charge in [0.05, 0.1) is 29.8 Å². The van der Waals surface area contributed by atoms with Gasteiger partial charge in [-0.25, -0.2) is 4.98 Å². The third-order valence-electron chi connectivity index (χ3n) is 3.19. The van der Waals surface area contributed by atoms with Crippen molar-refractivity contribution < 1.29 is 14.3 Å². The monoisotopic (exact) mass is 380 g/mol. The Hall–Kier alpha value is -2.09. The van der Waals surface area contributed by atoms with Crippen molar-refractivity contribution in [1.82, 2.24) is 4.98 Å². The highest BCUT2D eigenvalue weighted by molar-refractivity contribution is 7.16. The van der Waals surface area contributed by atoms with E-state index in [4.69, 9.17) is 21.1 Å². The molecule has 0 aliphatic carbocycles. The van der Waals surface area contributed by atoms with Gasteiger partial charge in [-0.05, 0) is 23.6 Å². The minimum absolute atomic E-state index is 0.306. The van der Waals surface area contributed by atoms with Crippen LogP contribution in [0.2, 0.25) is 5.02 Å². The number of thiophene rings is 1. The molecule has 0 bridgehead atoms. The summed E-state index contributed by atoms with van der Waals surface area (Å²) >= 11 is 9.10. The van der Waals surface area contributed by atoms with Gasteiger partial charge in [0.1, 0.15) is 0 Å². The van der Waals surface area contributed by atoms with E-state index in [1.807, 2.05) is 22.9 Å². The second-order valence-corrected chi connectivity index (χ2v) is 6.88. The SMILES string of the molecule is COc1cc(C(=O)Nc2nc(-c3cccs3)cs2)cc(Cl)c1OC. The average Bonchev–Trinajstić information content (AvgIpc) is 3.25. The van der Waals surface area contributed by atoms with E-state index < -0.39 is 0 Å². The molecule has 0 saturated heterocycles.